The molecule has 1 rings (SSSR count). The molecule has 1 aromatic rings. The number of amides is 1. The molecule has 0 aliphatic carbocycles. The monoisotopic (exact) mass is 285 g/mol. The van der Waals surface area contributed by atoms with Gasteiger partial charge in [-0.3, -0.25) is 0 Å². The Kier molecular flexibility index (Phi) is 5.36. The van der Waals surface area contributed by atoms with Crippen LogP contribution >= 0.6 is 0 Å². The lowest BCUT2D eigenvalue weighted by Gasteiger charge is -2.19. The normalized spacial score (nSPS) is 10.9. The van der Waals surface area contributed by atoms with Gasteiger partial charge in [-0.15, -0.1) is 0 Å². The predicted molar refractivity (Wildman–Crippen MR) is 70.8 cm³/mol. The predicted octanol–water partition coefficient (Wildman–Crippen LogP) is 1.70. The van der Waals surface area contributed by atoms with Crippen LogP contribution < -0.4 is 10.6 Å². The lowest BCUT2D eigenvalue weighted by molar-refractivity contribution is 0.0527. The number of rotatable bonds is 6. The molecule has 8 nitrogen and oxygen atoms in total. The molecule has 0 aliphatic heterocycles. The molecule has 1 amide bonds. The van der Waals surface area contributed by atoms with Crippen LogP contribution in [0.3, 0.4) is 0 Å². The van der Waals surface area contributed by atoms with Gasteiger partial charge in [0.2, 0.25) is 0 Å². The maximum absolute atomic E-state index is 11.3. The van der Waals surface area contributed by atoms with Crippen molar-refractivity contribution >= 4 is 18.1 Å². The van der Waals surface area contributed by atoms with Crippen LogP contribution in [0.4, 0.5) is 10.8 Å². The third kappa shape index (κ3) is 6.07. The summed E-state index contributed by atoms with van der Waals surface area (Å²) >= 11 is 0. The summed E-state index contributed by atoms with van der Waals surface area (Å²) in [6.07, 6.45) is 1.20. The van der Waals surface area contributed by atoms with Crippen molar-refractivity contribution in [1.82, 2.24) is 10.3 Å². The van der Waals surface area contributed by atoms with E-state index in [0.29, 0.717) is 19.5 Å². The number of anilines is 1. The average Bonchev–Trinajstić information content (AvgIpc) is 2.75. The molecular formula is C12H19N3O5. The van der Waals surface area contributed by atoms with Crippen LogP contribution in [0.2, 0.25) is 0 Å². The third-order valence-corrected chi connectivity index (χ3v) is 2.02. The topological polar surface area (TPSA) is 114 Å². The number of carboxylic acids is 1. The molecule has 0 radical (unpaired) electrons. The van der Waals surface area contributed by atoms with E-state index in [2.05, 4.69) is 15.6 Å². The first-order chi connectivity index (χ1) is 9.28. The SMILES string of the molecule is CC(C)(C)OC(=O)NCCCNc1nc(C(=O)O)co1. The van der Waals surface area contributed by atoms with E-state index < -0.39 is 17.7 Å². The van der Waals surface area contributed by atoms with E-state index in [9.17, 15) is 9.59 Å². The highest BCUT2D eigenvalue weighted by atomic mass is 16.6. The minimum absolute atomic E-state index is 0.139. The van der Waals surface area contributed by atoms with Gasteiger partial charge in [0.1, 0.15) is 11.9 Å². The van der Waals surface area contributed by atoms with E-state index in [1.54, 1.807) is 20.8 Å². The minimum atomic E-state index is -1.15. The Morgan fingerprint density at radius 3 is 2.65 bits per heavy atom. The van der Waals surface area contributed by atoms with Crippen LogP contribution in [0, 0.1) is 0 Å². The Morgan fingerprint density at radius 1 is 1.40 bits per heavy atom. The van der Waals surface area contributed by atoms with Gasteiger partial charge < -0.3 is 24.9 Å². The summed E-state index contributed by atoms with van der Waals surface area (Å²) in [6.45, 7) is 6.27. The van der Waals surface area contributed by atoms with Crippen molar-refractivity contribution in [1.29, 1.82) is 0 Å². The third-order valence-electron chi connectivity index (χ3n) is 2.02. The first kappa shape index (κ1) is 15.8. The molecule has 0 saturated heterocycles. The van der Waals surface area contributed by atoms with Crippen molar-refractivity contribution in [2.24, 2.45) is 0 Å². The number of aromatic nitrogens is 1. The van der Waals surface area contributed by atoms with Crippen molar-refractivity contribution in [3.63, 3.8) is 0 Å². The summed E-state index contributed by atoms with van der Waals surface area (Å²) in [6, 6.07) is 0.139. The van der Waals surface area contributed by atoms with Crippen molar-refractivity contribution in [3.05, 3.63) is 12.0 Å². The highest BCUT2D eigenvalue weighted by molar-refractivity contribution is 5.85. The average molecular weight is 285 g/mol. The zero-order valence-electron chi connectivity index (χ0n) is 11.7. The molecule has 112 valence electrons. The Labute approximate surface area is 116 Å². The fourth-order valence-electron chi connectivity index (χ4n) is 1.24. The van der Waals surface area contributed by atoms with Crippen molar-refractivity contribution < 1.29 is 23.8 Å². The minimum Gasteiger partial charge on any atom is -0.476 e. The summed E-state index contributed by atoms with van der Waals surface area (Å²) in [5, 5.41) is 14.1. The number of carbonyl (C=O) groups excluding carboxylic acids is 1. The van der Waals surface area contributed by atoms with Crippen molar-refractivity contribution in [3.8, 4) is 0 Å². The molecule has 0 aliphatic rings. The van der Waals surface area contributed by atoms with Gasteiger partial charge in [-0.1, -0.05) is 0 Å². The van der Waals surface area contributed by atoms with Crippen LogP contribution in [0.15, 0.2) is 10.7 Å². The van der Waals surface area contributed by atoms with Gasteiger partial charge >= 0.3 is 12.1 Å². The first-order valence-electron chi connectivity index (χ1n) is 6.17. The summed E-state index contributed by atoms with van der Waals surface area (Å²) in [4.78, 5) is 25.6. The molecule has 0 saturated carbocycles. The largest absolute Gasteiger partial charge is 0.476 e. The number of nitrogens with zero attached hydrogens (tertiary/aromatic N) is 1. The second-order valence-electron chi connectivity index (χ2n) is 5.05. The van der Waals surface area contributed by atoms with Crippen molar-refractivity contribution in [2.75, 3.05) is 18.4 Å². The molecule has 0 spiro atoms. The van der Waals surface area contributed by atoms with Gasteiger partial charge in [0.25, 0.3) is 6.01 Å². The number of alkyl carbamates (subject to hydrolysis) is 1. The number of hydrogen-bond acceptors (Lipinski definition) is 6. The molecule has 0 aromatic carbocycles. The Hall–Kier alpha value is -2.25. The Balaban J connectivity index is 2.16. The number of aromatic carboxylic acids is 1. The molecule has 8 heteroatoms. The van der Waals surface area contributed by atoms with E-state index in [4.69, 9.17) is 14.3 Å². The standard InChI is InChI=1S/C12H19N3O5/c1-12(2,3)20-11(18)14-6-4-5-13-10-15-8(7-19-10)9(16)17/h7H,4-6H2,1-3H3,(H,13,15)(H,14,18)(H,16,17). The zero-order chi connectivity index (χ0) is 15.2. The maximum atomic E-state index is 11.3. The van der Waals surface area contributed by atoms with E-state index in [1.807, 2.05) is 0 Å². The molecule has 0 atom stereocenters. The fourth-order valence-corrected chi connectivity index (χ4v) is 1.24. The highest BCUT2D eigenvalue weighted by Gasteiger charge is 2.15. The van der Waals surface area contributed by atoms with E-state index in [-0.39, 0.29) is 11.7 Å². The Morgan fingerprint density at radius 2 is 2.10 bits per heavy atom. The molecule has 1 heterocycles. The molecular weight excluding hydrogens is 266 g/mol. The van der Waals surface area contributed by atoms with E-state index >= 15 is 0 Å². The second kappa shape index (κ2) is 6.78. The smallest absolute Gasteiger partial charge is 0.407 e. The van der Waals surface area contributed by atoms with E-state index in [0.717, 1.165) is 6.26 Å². The number of oxazole rings is 1. The van der Waals surface area contributed by atoms with Gasteiger partial charge in [-0.05, 0) is 27.2 Å². The quantitative estimate of drug-likeness (QED) is 0.681. The van der Waals surface area contributed by atoms with E-state index in [1.165, 1.54) is 0 Å². The van der Waals surface area contributed by atoms with Crippen molar-refractivity contribution in [2.45, 2.75) is 32.8 Å². The number of carbonyl (C=O) groups is 2. The van der Waals surface area contributed by atoms with Gasteiger partial charge in [0.05, 0.1) is 0 Å². The number of hydrogen-bond donors (Lipinski definition) is 3. The molecule has 1 aromatic heterocycles. The Bertz CT molecular complexity index is 464. The van der Waals surface area contributed by atoms with Gasteiger partial charge in [0.15, 0.2) is 5.69 Å². The van der Waals surface area contributed by atoms with Crippen LogP contribution in [-0.4, -0.2) is 40.8 Å². The summed E-state index contributed by atoms with van der Waals surface area (Å²) in [5.74, 6) is -1.15. The van der Waals surface area contributed by atoms with Crippen LogP contribution in [0.5, 0.6) is 0 Å². The number of carboxylic acid groups (broad SMARTS) is 1. The maximum Gasteiger partial charge on any atom is 0.407 e. The van der Waals surface area contributed by atoms with Gasteiger partial charge in [-0.2, -0.15) is 4.98 Å². The summed E-state index contributed by atoms with van der Waals surface area (Å²) < 4.78 is 9.97. The van der Waals surface area contributed by atoms with Gasteiger partial charge in [-0.25, -0.2) is 9.59 Å². The van der Waals surface area contributed by atoms with Gasteiger partial charge in [0, 0.05) is 13.1 Å². The fraction of sp³-hybridized carbons (Fsp3) is 0.583. The first-order valence-corrected chi connectivity index (χ1v) is 6.17. The highest BCUT2D eigenvalue weighted by Crippen LogP contribution is 2.07. The molecule has 20 heavy (non-hydrogen) atoms. The van der Waals surface area contributed by atoms with Crippen LogP contribution in [-0.2, 0) is 4.74 Å². The summed E-state index contributed by atoms with van der Waals surface area (Å²) in [7, 11) is 0. The molecule has 0 bridgehead atoms. The molecule has 3 N–H and O–H groups in total. The lowest BCUT2D eigenvalue weighted by atomic mass is 10.2. The molecule has 0 fully saturated rings. The second-order valence-corrected chi connectivity index (χ2v) is 5.05. The number of ether oxygens (including phenoxy) is 1. The zero-order valence-corrected chi connectivity index (χ0v) is 11.7. The van der Waals surface area contributed by atoms with Crippen LogP contribution in [0.1, 0.15) is 37.7 Å². The lowest BCUT2D eigenvalue weighted by Crippen LogP contribution is -2.33. The molecule has 0 unspecified atom stereocenters. The van der Waals surface area contributed by atoms with Crippen LogP contribution in [0.25, 0.3) is 0 Å². The number of nitrogens with one attached hydrogen (secondary N) is 2. The summed E-state index contributed by atoms with van der Waals surface area (Å²) in [5.41, 5.74) is -0.674.